The number of rotatable bonds is 7. The van der Waals surface area contributed by atoms with Crippen molar-refractivity contribution in [2.45, 2.75) is 72.3 Å². The summed E-state index contributed by atoms with van der Waals surface area (Å²) < 4.78 is 0. The molecule has 20 heavy (non-hydrogen) atoms. The van der Waals surface area contributed by atoms with Gasteiger partial charge in [0.05, 0.1) is 0 Å². The van der Waals surface area contributed by atoms with Crippen molar-refractivity contribution in [3.63, 3.8) is 0 Å². The SMILES string of the molecule is CCCC(C)C(Cc1ccc(C(C)(C)C)cc1)NCC. The third-order valence-electron chi connectivity index (χ3n) is 4.17. The largest absolute Gasteiger partial charge is 0.314 e. The van der Waals surface area contributed by atoms with E-state index in [1.54, 1.807) is 0 Å². The average molecular weight is 275 g/mol. The lowest BCUT2D eigenvalue weighted by atomic mass is 9.85. The lowest BCUT2D eigenvalue weighted by Gasteiger charge is -2.25. The first-order chi connectivity index (χ1) is 9.38. The van der Waals surface area contributed by atoms with Crippen molar-refractivity contribution in [2.75, 3.05) is 6.54 Å². The van der Waals surface area contributed by atoms with Crippen molar-refractivity contribution in [1.82, 2.24) is 5.32 Å². The Hall–Kier alpha value is -0.820. The molecule has 1 aromatic rings. The van der Waals surface area contributed by atoms with E-state index in [9.17, 15) is 0 Å². The molecule has 1 rings (SSSR count). The highest BCUT2D eigenvalue weighted by atomic mass is 14.9. The molecule has 0 saturated carbocycles. The van der Waals surface area contributed by atoms with E-state index in [1.807, 2.05) is 0 Å². The maximum Gasteiger partial charge on any atom is 0.0133 e. The highest BCUT2D eigenvalue weighted by Gasteiger charge is 2.17. The molecule has 0 saturated heterocycles. The molecule has 0 amide bonds. The fraction of sp³-hybridized carbons (Fsp3) is 0.684. The molecule has 1 aromatic carbocycles. The molecule has 0 heterocycles. The number of hydrogen-bond donors (Lipinski definition) is 1. The molecule has 1 nitrogen and oxygen atoms in total. The normalized spacial score (nSPS) is 15.1. The fourth-order valence-corrected chi connectivity index (χ4v) is 2.79. The van der Waals surface area contributed by atoms with Gasteiger partial charge in [-0.2, -0.15) is 0 Å². The van der Waals surface area contributed by atoms with Crippen molar-refractivity contribution >= 4 is 0 Å². The monoisotopic (exact) mass is 275 g/mol. The third-order valence-corrected chi connectivity index (χ3v) is 4.17. The van der Waals surface area contributed by atoms with Gasteiger partial charge in [0.2, 0.25) is 0 Å². The maximum atomic E-state index is 3.66. The van der Waals surface area contributed by atoms with Gasteiger partial charge in [-0.3, -0.25) is 0 Å². The van der Waals surface area contributed by atoms with Crippen LogP contribution in [-0.4, -0.2) is 12.6 Å². The van der Waals surface area contributed by atoms with Crippen LogP contribution in [0.15, 0.2) is 24.3 Å². The van der Waals surface area contributed by atoms with Crippen LogP contribution in [0.3, 0.4) is 0 Å². The van der Waals surface area contributed by atoms with Gasteiger partial charge in [0.25, 0.3) is 0 Å². The average Bonchev–Trinajstić information content (AvgIpc) is 2.38. The molecule has 1 N–H and O–H groups in total. The van der Waals surface area contributed by atoms with Gasteiger partial charge in [-0.15, -0.1) is 0 Å². The van der Waals surface area contributed by atoms with Gasteiger partial charge in [-0.25, -0.2) is 0 Å². The van der Waals surface area contributed by atoms with Crippen molar-refractivity contribution in [1.29, 1.82) is 0 Å². The molecule has 0 spiro atoms. The van der Waals surface area contributed by atoms with Gasteiger partial charge in [0.1, 0.15) is 0 Å². The highest BCUT2D eigenvalue weighted by molar-refractivity contribution is 5.28. The van der Waals surface area contributed by atoms with Gasteiger partial charge in [-0.05, 0) is 41.8 Å². The summed E-state index contributed by atoms with van der Waals surface area (Å²) in [5, 5.41) is 3.66. The summed E-state index contributed by atoms with van der Waals surface area (Å²) in [5.74, 6) is 0.738. The summed E-state index contributed by atoms with van der Waals surface area (Å²) in [6.45, 7) is 14.7. The van der Waals surface area contributed by atoms with Crippen molar-refractivity contribution < 1.29 is 0 Å². The Bertz CT molecular complexity index is 372. The summed E-state index contributed by atoms with van der Waals surface area (Å²) in [4.78, 5) is 0. The Morgan fingerprint density at radius 1 is 1.05 bits per heavy atom. The van der Waals surface area contributed by atoms with Crippen LogP contribution in [0.5, 0.6) is 0 Å². The Kier molecular flexibility index (Phi) is 6.75. The van der Waals surface area contributed by atoms with Crippen molar-refractivity contribution in [2.24, 2.45) is 5.92 Å². The molecule has 1 heteroatoms. The predicted molar refractivity (Wildman–Crippen MR) is 90.4 cm³/mol. The fourth-order valence-electron chi connectivity index (χ4n) is 2.79. The lowest BCUT2D eigenvalue weighted by Crippen LogP contribution is -2.36. The van der Waals surface area contributed by atoms with Crippen LogP contribution in [0.4, 0.5) is 0 Å². The minimum atomic E-state index is 0.245. The second kappa shape index (κ2) is 7.83. The van der Waals surface area contributed by atoms with E-state index in [-0.39, 0.29) is 5.41 Å². The molecule has 0 radical (unpaired) electrons. The Morgan fingerprint density at radius 2 is 1.65 bits per heavy atom. The van der Waals surface area contributed by atoms with Crippen LogP contribution >= 0.6 is 0 Å². The molecule has 2 atom stereocenters. The number of benzene rings is 1. The summed E-state index contributed by atoms with van der Waals surface area (Å²) in [6.07, 6.45) is 3.71. The minimum absolute atomic E-state index is 0.245. The molecular weight excluding hydrogens is 242 g/mol. The van der Waals surface area contributed by atoms with E-state index in [0.29, 0.717) is 6.04 Å². The highest BCUT2D eigenvalue weighted by Crippen LogP contribution is 2.23. The first-order valence-electron chi connectivity index (χ1n) is 8.21. The Balaban J connectivity index is 2.73. The molecule has 0 fully saturated rings. The quantitative estimate of drug-likeness (QED) is 0.743. The molecule has 0 bridgehead atoms. The number of likely N-dealkylation sites (N-methyl/N-ethyl adjacent to an activating group) is 1. The third kappa shape index (κ3) is 5.28. The van der Waals surface area contributed by atoms with E-state index in [1.165, 1.54) is 24.0 Å². The second-order valence-corrected chi connectivity index (χ2v) is 7.08. The van der Waals surface area contributed by atoms with Gasteiger partial charge in [-0.1, -0.05) is 72.2 Å². The van der Waals surface area contributed by atoms with Crippen LogP contribution < -0.4 is 5.32 Å². The molecule has 0 aliphatic carbocycles. The summed E-state index contributed by atoms with van der Waals surface area (Å²) >= 11 is 0. The smallest absolute Gasteiger partial charge is 0.0133 e. The zero-order valence-corrected chi connectivity index (χ0v) is 14.3. The van der Waals surface area contributed by atoms with Crippen LogP contribution in [-0.2, 0) is 11.8 Å². The van der Waals surface area contributed by atoms with Gasteiger partial charge in [0.15, 0.2) is 0 Å². The number of nitrogens with one attached hydrogen (secondary N) is 1. The van der Waals surface area contributed by atoms with E-state index in [0.717, 1.165) is 18.9 Å². The zero-order chi connectivity index (χ0) is 15.2. The van der Waals surface area contributed by atoms with Crippen LogP contribution in [0.2, 0.25) is 0 Å². The lowest BCUT2D eigenvalue weighted by molar-refractivity contribution is 0.358. The van der Waals surface area contributed by atoms with Crippen LogP contribution in [0, 0.1) is 5.92 Å². The molecule has 114 valence electrons. The molecule has 0 aliphatic rings. The van der Waals surface area contributed by atoms with Crippen LogP contribution in [0.25, 0.3) is 0 Å². The first-order valence-corrected chi connectivity index (χ1v) is 8.21. The van der Waals surface area contributed by atoms with Crippen LogP contribution in [0.1, 0.15) is 65.5 Å². The minimum Gasteiger partial charge on any atom is -0.314 e. The van der Waals surface area contributed by atoms with Gasteiger partial charge < -0.3 is 5.32 Å². The molecular formula is C19H33N. The maximum absolute atomic E-state index is 3.66. The van der Waals surface area contributed by atoms with Gasteiger partial charge in [0, 0.05) is 6.04 Å². The second-order valence-electron chi connectivity index (χ2n) is 7.08. The molecule has 2 unspecified atom stereocenters. The first kappa shape index (κ1) is 17.2. The van der Waals surface area contributed by atoms with E-state index >= 15 is 0 Å². The summed E-state index contributed by atoms with van der Waals surface area (Å²) in [5.41, 5.74) is 3.12. The molecule has 0 aromatic heterocycles. The Labute approximate surface area is 126 Å². The van der Waals surface area contributed by atoms with E-state index in [2.05, 4.69) is 71.1 Å². The zero-order valence-electron chi connectivity index (χ0n) is 14.3. The topological polar surface area (TPSA) is 12.0 Å². The standard InChI is InChI=1S/C19H33N/c1-7-9-15(3)18(20-8-2)14-16-10-12-17(13-11-16)19(4,5)6/h10-13,15,18,20H,7-9,14H2,1-6H3. The van der Waals surface area contributed by atoms with E-state index in [4.69, 9.17) is 0 Å². The summed E-state index contributed by atoms with van der Waals surface area (Å²) in [7, 11) is 0. The summed E-state index contributed by atoms with van der Waals surface area (Å²) in [6, 6.07) is 9.80. The predicted octanol–water partition coefficient (Wildman–Crippen LogP) is 4.94. The van der Waals surface area contributed by atoms with Crippen molar-refractivity contribution in [3.8, 4) is 0 Å². The van der Waals surface area contributed by atoms with E-state index < -0.39 is 0 Å². The number of hydrogen-bond acceptors (Lipinski definition) is 1. The Morgan fingerprint density at radius 3 is 2.10 bits per heavy atom. The molecule has 0 aliphatic heterocycles. The van der Waals surface area contributed by atoms with Crippen molar-refractivity contribution in [3.05, 3.63) is 35.4 Å². The van der Waals surface area contributed by atoms with Gasteiger partial charge >= 0.3 is 0 Å².